The van der Waals surface area contributed by atoms with Crippen molar-refractivity contribution in [3.8, 4) is 0 Å². The van der Waals surface area contributed by atoms with Gasteiger partial charge in [-0.2, -0.15) is 0 Å². The highest BCUT2D eigenvalue weighted by molar-refractivity contribution is 5.78. The van der Waals surface area contributed by atoms with E-state index in [1.54, 1.807) is 0 Å². The topological polar surface area (TPSA) is 37.7 Å². The van der Waals surface area contributed by atoms with E-state index in [0.29, 0.717) is 32.8 Å². The SMILES string of the molecule is O=C(CN1CCn2cccc2C1c1ccc(F)cc1)N1CCOCC1. The first-order valence-corrected chi connectivity index (χ1v) is 8.72. The lowest BCUT2D eigenvalue weighted by molar-refractivity contribution is -0.137. The Kier molecular flexibility index (Phi) is 4.55. The van der Waals surface area contributed by atoms with Crippen LogP contribution in [0, 0.1) is 5.82 Å². The summed E-state index contributed by atoms with van der Waals surface area (Å²) in [5, 5.41) is 0. The van der Waals surface area contributed by atoms with Crippen molar-refractivity contribution >= 4 is 5.91 Å². The van der Waals surface area contributed by atoms with E-state index < -0.39 is 0 Å². The van der Waals surface area contributed by atoms with Gasteiger partial charge in [0.25, 0.3) is 0 Å². The number of halogens is 1. The van der Waals surface area contributed by atoms with Gasteiger partial charge in [0.05, 0.1) is 25.8 Å². The third-order valence-corrected chi connectivity index (χ3v) is 5.03. The summed E-state index contributed by atoms with van der Waals surface area (Å²) in [6.07, 6.45) is 2.06. The van der Waals surface area contributed by atoms with Gasteiger partial charge in [-0.25, -0.2) is 4.39 Å². The second-order valence-corrected chi connectivity index (χ2v) is 6.54. The number of aromatic nitrogens is 1. The molecule has 2 aliphatic heterocycles. The molecule has 0 saturated carbocycles. The lowest BCUT2D eigenvalue weighted by Crippen LogP contribution is -2.48. The largest absolute Gasteiger partial charge is 0.378 e. The molecule has 2 aliphatic rings. The standard InChI is InChI=1S/C19H22FN3O2/c20-16-5-3-15(4-6-16)19-17-2-1-7-21(17)8-9-23(19)14-18(24)22-10-12-25-13-11-22/h1-7,19H,8-14H2. The minimum Gasteiger partial charge on any atom is -0.378 e. The molecule has 0 radical (unpaired) electrons. The second-order valence-electron chi connectivity index (χ2n) is 6.54. The summed E-state index contributed by atoms with van der Waals surface area (Å²) < 4.78 is 20.9. The van der Waals surface area contributed by atoms with Crippen LogP contribution >= 0.6 is 0 Å². The van der Waals surface area contributed by atoms with Gasteiger partial charge in [-0.3, -0.25) is 9.69 Å². The molecule has 1 atom stereocenters. The molecule has 0 bridgehead atoms. The Morgan fingerprint density at radius 1 is 1.08 bits per heavy atom. The molecule has 0 N–H and O–H groups in total. The van der Waals surface area contributed by atoms with Crippen LogP contribution in [0.5, 0.6) is 0 Å². The Hall–Kier alpha value is -2.18. The van der Waals surface area contributed by atoms with Gasteiger partial charge < -0.3 is 14.2 Å². The second kappa shape index (κ2) is 6.98. The molecule has 132 valence electrons. The van der Waals surface area contributed by atoms with Crippen LogP contribution in [0.15, 0.2) is 42.6 Å². The first-order chi connectivity index (χ1) is 12.2. The van der Waals surface area contributed by atoms with Gasteiger partial charge >= 0.3 is 0 Å². The molecular weight excluding hydrogens is 321 g/mol. The van der Waals surface area contributed by atoms with E-state index in [2.05, 4.69) is 21.7 Å². The van der Waals surface area contributed by atoms with Crippen LogP contribution in [0.1, 0.15) is 17.3 Å². The van der Waals surface area contributed by atoms with Crippen molar-refractivity contribution in [3.05, 3.63) is 59.7 Å². The first kappa shape index (κ1) is 16.3. The molecule has 2 aromatic rings. The Balaban J connectivity index is 1.59. The van der Waals surface area contributed by atoms with Gasteiger partial charge in [0.2, 0.25) is 5.91 Å². The summed E-state index contributed by atoms with van der Waals surface area (Å²) >= 11 is 0. The van der Waals surface area contributed by atoms with Crippen LogP contribution < -0.4 is 0 Å². The molecule has 6 heteroatoms. The maximum atomic E-state index is 13.3. The maximum absolute atomic E-state index is 13.3. The van der Waals surface area contributed by atoms with E-state index in [9.17, 15) is 9.18 Å². The number of hydrogen-bond donors (Lipinski definition) is 0. The monoisotopic (exact) mass is 343 g/mol. The number of carbonyl (C=O) groups excluding carboxylic acids is 1. The third kappa shape index (κ3) is 3.32. The zero-order valence-electron chi connectivity index (χ0n) is 14.1. The maximum Gasteiger partial charge on any atom is 0.236 e. The number of rotatable bonds is 3. The van der Waals surface area contributed by atoms with Crippen LogP contribution in [0.25, 0.3) is 0 Å². The van der Waals surface area contributed by atoms with Crippen molar-refractivity contribution in [3.63, 3.8) is 0 Å². The van der Waals surface area contributed by atoms with Crippen LogP contribution in [-0.4, -0.2) is 59.7 Å². The predicted octanol–water partition coefficient (Wildman–Crippen LogP) is 1.89. The molecule has 1 aromatic carbocycles. The highest BCUT2D eigenvalue weighted by Crippen LogP contribution is 2.32. The van der Waals surface area contributed by atoms with Gasteiger partial charge in [-0.1, -0.05) is 12.1 Å². The fourth-order valence-corrected chi connectivity index (χ4v) is 3.71. The highest BCUT2D eigenvalue weighted by atomic mass is 19.1. The highest BCUT2D eigenvalue weighted by Gasteiger charge is 2.31. The Morgan fingerprint density at radius 3 is 2.60 bits per heavy atom. The zero-order chi connectivity index (χ0) is 17.2. The van der Waals surface area contributed by atoms with E-state index in [1.165, 1.54) is 12.1 Å². The minimum absolute atomic E-state index is 0.0330. The number of carbonyl (C=O) groups is 1. The number of ether oxygens (including phenoxy) is 1. The minimum atomic E-state index is -0.245. The molecule has 0 spiro atoms. The van der Waals surface area contributed by atoms with E-state index in [0.717, 1.165) is 24.3 Å². The van der Waals surface area contributed by atoms with Crippen molar-refractivity contribution in [1.82, 2.24) is 14.4 Å². The van der Waals surface area contributed by atoms with Gasteiger partial charge in [-0.05, 0) is 29.8 Å². The van der Waals surface area contributed by atoms with Crippen molar-refractivity contribution in [2.45, 2.75) is 12.6 Å². The molecule has 5 nitrogen and oxygen atoms in total. The van der Waals surface area contributed by atoms with E-state index >= 15 is 0 Å². The van der Waals surface area contributed by atoms with Crippen LogP contribution in [0.3, 0.4) is 0 Å². The fraction of sp³-hybridized carbons (Fsp3) is 0.421. The number of amides is 1. The predicted molar refractivity (Wildman–Crippen MR) is 91.6 cm³/mol. The smallest absolute Gasteiger partial charge is 0.236 e. The van der Waals surface area contributed by atoms with Gasteiger partial charge in [-0.15, -0.1) is 0 Å². The van der Waals surface area contributed by atoms with E-state index in [4.69, 9.17) is 4.74 Å². The average Bonchev–Trinajstić information content (AvgIpc) is 3.12. The molecule has 1 aromatic heterocycles. The molecule has 4 rings (SSSR count). The third-order valence-electron chi connectivity index (χ3n) is 5.03. The molecule has 1 saturated heterocycles. The first-order valence-electron chi connectivity index (χ1n) is 8.72. The number of nitrogens with zero attached hydrogens (tertiary/aromatic N) is 3. The van der Waals surface area contributed by atoms with Crippen molar-refractivity contribution in [2.75, 3.05) is 39.4 Å². The van der Waals surface area contributed by atoms with Crippen LogP contribution in [0.2, 0.25) is 0 Å². The quantitative estimate of drug-likeness (QED) is 0.854. The van der Waals surface area contributed by atoms with Gasteiger partial charge in [0.1, 0.15) is 5.82 Å². The molecule has 1 unspecified atom stereocenters. The Labute approximate surface area is 146 Å². The molecule has 1 fully saturated rings. The molecule has 1 amide bonds. The molecule has 0 aliphatic carbocycles. The van der Waals surface area contributed by atoms with Crippen LogP contribution in [0.4, 0.5) is 4.39 Å². The lowest BCUT2D eigenvalue weighted by atomic mass is 10.00. The van der Waals surface area contributed by atoms with Crippen molar-refractivity contribution < 1.29 is 13.9 Å². The molecular formula is C19H22FN3O2. The van der Waals surface area contributed by atoms with Crippen molar-refractivity contribution in [1.29, 1.82) is 0 Å². The average molecular weight is 343 g/mol. The van der Waals surface area contributed by atoms with E-state index in [1.807, 2.05) is 23.1 Å². The molecule has 3 heterocycles. The number of morpholine rings is 1. The summed E-state index contributed by atoms with van der Waals surface area (Å²) in [6.45, 7) is 4.55. The van der Waals surface area contributed by atoms with E-state index in [-0.39, 0.29) is 17.8 Å². The molecule has 25 heavy (non-hydrogen) atoms. The summed E-state index contributed by atoms with van der Waals surface area (Å²) in [7, 11) is 0. The number of hydrogen-bond acceptors (Lipinski definition) is 3. The van der Waals surface area contributed by atoms with Gasteiger partial charge in [0.15, 0.2) is 0 Å². The van der Waals surface area contributed by atoms with Gasteiger partial charge in [0, 0.05) is 38.1 Å². The zero-order valence-corrected chi connectivity index (χ0v) is 14.1. The summed E-state index contributed by atoms with van der Waals surface area (Å²) in [5.74, 6) is -0.110. The number of benzene rings is 1. The lowest BCUT2D eigenvalue weighted by Gasteiger charge is -2.38. The Bertz CT molecular complexity index is 737. The fourth-order valence-electron chi connectivity index (χ4n) is 3.71. The van der Waals surface area contributed by atoms with Crippen LogP contribution in [-0.2, 0) is 16.1 Å². The normalized spacial score (nSPS) is 21.2. The summed E-state index contributed by atoms with van der Waals surface area (Å²) in [5.41, 5.74) is 2.16. The Morgan fingerprint density at radius 2 is 1.84 bits per heavy atom. The number of fused-ring (bicyclic) bond motifs is 1. The summed E-state index contributed by atoms with van der Waals surface area (Å²) in [4.78, 5) is 16.8. The van der Waals surface area contributed by atoms with Crippen molar-refractivity contribution in [2.24, 2.45) is 0 Å². The summed E-state index contributed by atoms with van der Waals surface area (Å²) in [6, 6.07) is 10.7.